The number of hydrogen-bond acceptors (Lipinski definition) is 1. The van der Waals surface area contributed by atoms with Crippen LogP contribution in [0.3, 0.4) is 0 Å². The first-order valence-corrected chi connectivity index (χ1v) is 4.35. The van der Waals surface area contributed by atoms with Gasteiger partial charge in [0.15, 0.2) is 6.10 Å². The van der Waals surface area contributed by atoms with Gasteiger partial charge < -0.3 is 5.11 Å². The van der Waals surface area contributed by atoms with Gasteiger partial charge in [0.05, 0.1) is 0 Å². The molecule has 120 valence electrons. The van der Waals surface area contributed by atoms with Crippen LogP contribution in [-0.4, -0.2) is 46.7 Å². The molecule has 0 aliphatic heterocycles. The smallest absolute Gasteiger partial charge is 0.381 e. The Hall–Kier alpha value is -0.880. The lowest BCUT2D eigenvalue weighted by molar-refractivity contribution is -0.397. The van der Waals surface area contributed by atoms with Crippen LogP contribution in [0, 0.1) is 0 Å². The molecule has 0 bridgehead atoms. The monoisotopic (exact) mass is 330 g/mol. The molecule has 0 aromatic rings. The zero-order valence-electron chi connectivity index (χ0n) is 8.56. The van der Waals surface area contributed by atoms with Gasteiger partial charge in [0.2, 0.25) is 0 Å². The fraction of sp³-hybridized carbons (Fsp3) is 1.00. The Kier molecular flexibility index (Phi) is 3.14. The van der Waals surface area contributed by atoms with Gasteiger partial charge in [-0.05, 0) is 0 Å². The van der Waals surface area contributed by atoms with Gasteiger partial charge in [0.25, 0.3) is 0 Å². The largest absolute Gasteiger partial charge is 0.384 e. The zero-order valence-corrected chi connectivity index (χ0v) is 8.56. The van der Waals surface area contributed by atoms with Crippen LogP contribution in [0.4, 0.5) is 52.7 Å². The molecule has 1 aliphatic rings. The van der Waals surface area contributed by atoms with Gasteiger partial charge >= 0.3 is 35.5 Å². The normalized spacial score (nSPS) is 33.5. The Balaban J connectivity index is 3.83. The number of alkyl halides is 12. The van der Waals surface area contributed by atoms with Gasteiger partial charge in [-0.2, -0.15) is 52.7 Å². The van der Waals surface area contributed by atoms with Crippen LogP contribution in [0.1, 0.15) is 0 Å². The van der Waals surface area contributed by atoms with Gasteiger partial charge in [0.1, 0.15) is 0 Å². The van der Waals surface area contributed by atoms with Crippen molar-refractivity contribution in [3.8, 4) is 0 Å². The van der Waals surface area contributed by atoms with Crippen molar-refractivity contribution in [2.24, 2.45) is 0 Å². The van der Waals surface area contributed by atoms with E-state index in [2.05, 4.69) is 0 Å². The summed E-state index contributed by atoms with van der Waals surface area (Å²) in [6.07, 6.45) is -5.46. The van der Waals surface area contributed by atoms with Crippen molar-refractivity contribution in [3.05, 3.63) is 0 Å². The van der Waals surface area contributed by atoms with E-state index in [1.807, 2.05) is 0 Å². The third-order valence-electron chi connectivity index (χ3n) is 2.71. The van der Waals surface area contributed by atoms with E-state index < -0.39 is 41.6 Å². The van der Waals surface area contributed by atoms with Gasteiger partial charge in [0, 0.05) is 0 Å². The number of aliphatic hydroxyl groups excluding tert-OH is 1. The highest BCUT2D eigenvalue weighted by Gasteiger charge is 2.96. The highest BCUT2D eigenvalue weighted by molar-refractivity contribution is 5.20. The molecule has 0 saturated heterocycles. The van der Waals surface area contributed by atoms with E-state index in [9.17, 15) is 52.7 Å². The van der Waals surface area contributed by atoms with Crippen LogP contribution in [0.25, 0.3) is 0 Å². The molecule has 0 atom stereocenters. The van der Waals surface area contributed by atoms with Crippen LogP contribution in [0.5, 0.6) is 0 Å². The summed E-state index contributed by atoms with van der Waals surface area (Å²) in [6.45, 7) is 0. The van der Waals surface area contributed by atoms with Crippen LogP contribution in [0.2, 0.25) is 0 Å². The van der Waals surface area contributed by atoms with Gasteiger partial charge in [-0.3, -0.25) is 0 Å². The molecule has 20 heavy (non-hydrogen) atoms. The quantitative estimate of drug-likeness (QED) is 0.534. The van der Waals surface area contributed by atoms with E-state index in [0.717, 1.165) is 0 Å². The predicted molar refractivity (Wildman–Crippen MR) is 35.7 cm³/mol. The van der Waals surface area contributed by atoms with Gasteiger partial charge in [-0.15, -0.1) is 0 Å². The number of rotatable bonds is 0. The Labute approximate surface area is 101 Å². The molecule has 1 aliphatic carbocycles. The van der Waals surface area contributed by atoms with Crippen molar-refractivity contribution >= 4 is 0 Å². The minimum absolute atomic E-state index is 5.46. The van der Waals surface area contributed by atoms with Crippen molar-refractivity contribution in [2.45, 2.75) is 41.6 Å². The average molecular weight is 330 g/mol. The summed E-state index contributed by atoms with van der Waals surface area (Å²) in [5, 5.41) is 8.15. The molecular formula is C7H2F12O. The Morgan fingerprint density at radius 3 is 0.850 bits per heavy atom. The fourth-order valence-electron chi connectivity index (χ4n) is 1.38. The van der Waals surface area contributed by atoms with E-state index in [4.69, 9.17) is 5.11 Å². The number of aliphatic hydroxyl groups is 1. The average Bonchev–Trinajstić information content (AvgIpc) is 2.25. The SMILES string of the molecule is OC1C(F)(F)C(F)(F)C(F)(F)C(F)(F)C(F)(F)C1(F)F. The van der Waals surface area contributed by atoms with Crippen molar-refractivity contribution in [2.75, 3.05) is 0 Å². The molecule has 0 aromatic heterocycles. The molecule has 13 heteroatoms. The zero-order chi connectivity index (χ0) is 16.6. The molecule has 1 saturated carbocycles. The lowest BCUT2D eigenvalue weighted by atomic mass is 9.99. The van der Waals surface area contributed by atoms with E-state index in [1.165, 1.54) is 0 Å². The van der Waals surface area contributed by atoms with Crippen molar-refractivity contribution in [1.29, 1.82) is 0 Å². The topological polar surface area (TPSA) is 20.2 Å². The van der Waals surface area contributed by atoms with Crippen LogP contribution in [0.15, 0.2) is 0 Å². The standard InChI is InChI=1S/C7H2F12O/c8-2(9)1(20)3(10,11)5(14,15)7(18,19)6(16,17)4(2,12)13/h1,20H. The molecule has 0 heterocycles. The molecule has 1 fully saturated rings. The third-order valence-corrected chi connectivity index (χ3v) is 2.71. The van der Waals surface area contributed by atoms with Crippen LogP contribution in [-0.2, 0) is 0 Å². The van der Waals surface area contributed by atoms with Crippen LogP contribution < -0.4 is 0 Å². The van der Waals surface area contributed by atoms with E-state index in [1.54, 1.807) is 0 Å². The lowest BCUT2D eigenvalue weighted by Gasteiger charge is -2.35. The van der Waals surface area contributed by atoms with E-state index in [0.29, 0.717) is 0 Å². The van der Waals surface area contributed by atoms with Crippen LogP contribution >= 0.6 is 0 Å². The maximum atomic E-state index is 12.7. The number of hydrogen-bond donors (Lipinski definition) is 1. The van der Waals surface area contributed by atoms with E-state index in [-0.39, 0.29) is 0 Å². The first-order valence-electron chi connectivity index (χ1n) is 4.35. The third kappa shape index (κ3) is 1.41. The first kappa shape index (κ1) is 17.2. The second kappa shape index (κ2) is 3.65. The molecule has 0 unspecified atom stereocenters. The summed E-state index contributed by atoms with van der Waals surface area (Å²) in [4.78, 5) is 0. The molecule has 1 nitrogen and oxygen atoms in total. The summed E-state index contributed by atoms with van der Waals surface area (Å²) in [5.74, 6) is -43.7. The maximum Gasteiger partial charge on any atom is 0.384 e. The fourth-order valence-corrected chi connectivity index (χ4v) is 1.38. The molecule has 0 amide bonds. The summed E-state index contributed by atoms with van der Waals surface area (Å²) < 4.78 is 152. The molecular weight excluding hydrogens is 328 g/mol. The Morgan fingerprint density at radius 1 is 0.450 bits per heavy atom. The second-order valence-corrected chi connectivity index (χ2v) is 3.95. The van der Waals surface area contributed by atoms with Gasteiger partial charge in [-0.25, -0.2) is 0 Å². The van der Waals surface area contributed by atoms with Crippen molar-refractivity contribution in [3.63, 3.8) is 0 Å². The molecule has 0 aromatic carbocycles. The molecule has 0 spiro atoms. The highest BCUT2D eigenvalue weighted by Crippen LogP contribution is 2.65. The summed E-state index contributed by atoms with van der Waals surface area (Å²) in [5.41, 5.74) is 0. The summed E-state index contributed by atoms with van der Waals surface area (Å²) >= 11 is 0. The van der Waals surface area contributed by atoms with Gasteiger partial charge in [-0.1, -0.05) is 0 Å². The summed E-state index contributed by atoms with van der Waals surface area (Å²) in [7, 11) is 0. The minimum atomic E-state index is -7.55. The molecule has 0 radical (unpaired) electrons. The summed E-state index contributed by atoms with van der Waals surface area (Å²) in [6, 6.07) is 0. The highest BCUT2D eigenvalue weighted by atomic mass is 19.4. The minimum Gasteiger partial charge on any atom is -0.381 e. The number of halogens is 12. The van der Waals surface area contributed by atoms with E-state index >= 15 is 0 Å². The molecule has 1 rings (SSSR count). The second-order valence-electron chi connectivity index (χ2n) is 3.95. The Morgan fingerprint density at radius 2 is 0.650 bits per heavy atom. The first-order chi connectivity index (χ1) is 8.40. The maximum absolute atomic E-state index is 12.7. The molecule has 1 N–H and O–H groups in total. The Bertz CT molecular complexity index is 374. The van der Waals surface area contributed by atoms with Crippen molar-refractivity contribution < 1.29 is 57.8 Å². The van der Waals surface area contributed by atoms with Crippen molar-refractivity contribution in [1.82, 2.24) is 0 Å². The predicted octanol–water partition coefficient (Wildman–Crippen LogP) is 3.17. The lowest BCUT2D eigenvalue weighted by Crippen LogP contribution is -2.66.